The van der Waals surface area contributed by atoms with Gasteiger partial charge in [-0.25, -0.2) is 0 Å². The first kappa shape index (κ1) is 21.8. The maximum Gasteiger partial charge on any atom is 0.264 e. The summed E-state index contributed by atoms with van der Waals surface area (Å²) in [7, 11) is -3.85. The molecule has 0 heterocycles. The lowest BCUT2D eigenvalue weighted by Crippen LogP contribution is -2.14. The molecule has 134 valence electrons. The number of unbranched alkanes of at least 4 members (excludes halogenated alkanes) is 1. The minimum absolute atomic E-state index is 0.217. The van der Waals surface area contributed by atoms with E-state index in [0.29, 0.717) is 59.1 Å². The highest BCUT2D eigenvalue weighted by molar-refractivity contribution is 7.85. The first-order chi connectivity index (χ1) is 10.5. The van der Waals surface area contributed by atoms with Crippen LogP contribution in [0, 0.1) is 0 Å². The van der Waals surface area contributed by atoms with E-state index in [1.807, 2.05) is 6.92 Å². The highest BCUT2D eigenvalue weighted by Crippen LogP contribution is 1.95. The average Bonchev–Trinajstić information content (AvgIpc) is 2.46. The number of ether oxygens (including phenoxy) is 4. The van der Waals surface area contributed by atoms with E-state index in [2.05, 4.69) is 6.92 Å². The molecule has 0 fully saturated rings. The van der Waals surface area contributed by atoms with Crippen LogP contribution >= 0.6 is 0 Å². The average molecular weight is 342 g/mol. The molecule has 0 amide bonds. The van der Waals surface area contributed by atoms with E-state index in [4.69, 9.17) is 23.5 Å². The molecule has 1 unspecified atom stereocenters. The van der Waals surface area contributed by atoms with Crippen molar-refractivity contribution < 1.29 is 31.9 Å². The third kappa shape index (κ3) is 17.8. The first-order valence-electron chi connectivity index (χ1n) is 7.75. The molecule has 7 nitrogen and oxygen atoms in total. The highest BCUT2D eigenvalue weighted by atomic mass is 32.2. The van der Waals surface area contributed by atoms with Crippen LogP contribution in [0.25, 0.3) is 0 Å². The van der Waals surface area contributed by atoms with Gasteiger partial charge in [-0.15, -0.1) is 0 Å². The molecule has 1 N–H and O–H groups in total. The molecule has 0 bridgehead atoms. The van der Waals surface area contributed by atoms with E-state index in [0.717, 1.165) is 6.42 Å². The summed E-state index contributed by atoms with van der Waals surface area (Å²) in [5, 5.41) is 0. The second kappa shape index (κ2) is 14.3. The summed E-state index contributed by atoms with van der Waals surface area (Å²) in [5.41, 5.74) is 0. The zero-order valence-corrected chi connectivity index (χ0v) is 14.5. The lowest BCUT2D eigenvalue weighted by atomic mass is 10.3. The predicted molar refractivity (Wildman–Crippen MR) is 83.8 cm³/mol. The van der Waals surface area contributed by atoms with Gasteiger partial charge in [0.2, 0.25) is 0 Å². The maximum atomic E-state index is 10.5. The lowest BCUT2D eigenvalue weighted by Gasteiger charge is -2.10. The molecule has 0 aromatic carbocycles. The van der Waals surface area contributed by atoms with Gasteiger partial charge in [0.1, 0.15) is 0 Å². The zero-order chi connectivity index (χ0) is 16.7. The van der Waals surface area contributed by atoms with Gasteiger partial charge in [-0.2, -0.15) is 8.42 Å². The summed E-state index contributed by atoms with van der Waals surface area (Å²) in [5.74, 6) is -0.217. The van der Waals surface area contributed by atoms with Crippen molar-refractivity contribution in [1.29, 1.82) is 0 Å². The molecular weight excluding hydrogens is 312 g/mol. The van der Waals surface area contributed by atoms with Crippen LogP contribution in [0.15, 0.2) is 0 Å². The van der Waals surface area contributed by atoms with Crippen molar-refractivity contribution in [3.8, 4) is 0 Å². The smallest absolute Gasteiger partial charge is 0.264 e. The normalized spacial score (nSPS) is 13.4. The van der Waals surface area contributed by atoms with E-state index < -0.39 is 10.1 Å². The van der Waals surface area contributed by atoms with Gasteiger partial charge < -0.3 is 18.9 Å². The van der Waals surface area contributed by atoms with Gasteiger partial charge in [-0.1, -0.05) is 6.92 Å². The van der Waals surface area contributed by atoms with Gasteiger partial charge in [0, 0.05) is 6.61 Å². The SMILES string of the molecule is CCC(C)OCCOCCOCCOCCCCS(=O)(=O)O. The molecule has 0 radical (unpaired) electrons. The Hall–Kier alpha value is -0.250. The second-order valence-corrected chi connectivity index (χ2v) is 6.49. The van der Waals surface area contributed by atoms with Gasteiger partial charge in [0.15, 0.2) is 0 Å². The molecule has 0 aliphatic carbocycles. The molecule has 0 rings (SSSR count). The molecule has 8 heteroatoms. The van der Waals surface area contributed by atoms with Crippen LogP contribution in [0.1, 0.15) is 33.1 Å². The van der Waals surface area contributed by atoms with Crippen molar-refractivity contribution in [2.45, 2.75) is 39.2 Å². The summed E-state index contributed by atoms with van der Waals surface area (Å²) >= 11 is 0. The van der Waals surface area contributed by atoms with Crippen LogP contribution in [0.3, 0.4) is 0 Å². The molecule has 0 aromatic rings. The fourth-order valence-electron chi connectivity index (χ4n) is 1.46. The minimum Gasteiger partial charge on any atom is -0.379 e. The summed E-state index contributed by atoms with van der Waals surface area (Å²) in [4.78, 5) is 0. The number of rotatable bonds is 16. The van der Waals surface area contributed by atoms with Crippen molar-refractivity contribution in [2.24, 2.45) is 0 Å². The molecular formula is C14H30O7S. The van der Waals surface area contributed by atoms with Crippen LogP contribution < -0.4 is 0 Å². The summed E-state index contributed by atoms with van der Waals surface area (Å²) in [6.45, 7) is 7.71. The predicted octanol–water partition coefficient (Wildman–Crippen LogP) is 1.52. The minimum atomic E-state index is -3.85. The molecule has 0 spiro atoms. The highest BCUT2D eigenvalue weighted by Gasteiger charge is 2.02. The van der Waals surface area contributed by atoms with E-state index in [-0.39, 0.29) is 11.9 Å². The molecule has 22 heavy (non-hydrogen) atoms. The van der Waals surface area contributed by atoms with Crippen molar-refractivity contribution in [2.75, 3.05) is 52.0 Å². The quantitative estimate of drug-likeness (QED) is 0.336. The van der Waals surface area contributed by atoms with Gasteiger partial charge in [0.25, 0.3) is 10.1 Å². The van der Waals surface area contributed by atoms with Crippen molar-refractivity contribution in [1.82, 2.24) is 0 Å². The molecule has 1 atom stereocenters. The maximum absolute atomic E-state index is 10.5. The Kier molecular flexibility index (Phi) is 14.2. The Balaban J connectivity index is 3.09. The standard InChI is InChI=1S/C14H30O7S/c1-3-14(2)21-12-11-20-10-9-19-8-7-18-6-4-5-13-22(15,16)17/h14H,3-13H2,1-2H3,(H,15,16,17). The Morgan fingerprint density at radius 1 is 0.864 bits per heavy atom. The van der Waals surface area contributed by atoms with Crippen molar-refractivity contribution in [3.63, 3.8) is 0 Å². The van der Waals surface area contributed by atoms with E-state index in [1.165, 1.54) is 0 Å². The Labute approximate surface area is 134 Å². The van der Waals surface area contributed by atoms with Gasteiger partial charge >= 0.3 is 0 Å². The van der Waals surface area contributed by atoms with E-state index >= 15 is 0 Å². The van der Waals surface area contributed by atoms with Crippen molar-refractivity contribution >= 4 is 10.1 Å². The summed E-state index contributed by atoms with van der Waals surface area (Å²) in [6, 6.07) is 0. The second-order valence-electron chi connectivity index (χ2n) is 4.92. The largest absolute Gasteiger partial charge is 0.379 e. The van der Waals surface area contributed by atoms with Crippen LogP contribution in [0.2, 0.25) is 0 Å². The molecule has 0 saturated heterocycles. The monoisotopic (exact) mass is 342 g/mol. The third-order valence-corrected chi connectivity index (χ3v) is 3.69. The topological polar surface area (TPSA) is 91.3 Å². The van der Waals surface area contributed by atoms with Crippen LogP contribution in [0.4, 0.5) is 0 Å². The van der Waals surface area contributed by atoms with Crippen LogP contribution in [-0.4, -0.2) is 71.1 Å². The van der Waals surface area contributed by atoms with Gasteiger partial charge in [-0.3, -0.25) is 4.55 Å². The molecule has 0 aliphatic heterocycles. The zero-order valence-electron chi connectivity index (χ0n) is 13.7. The fraction of sp³-hybridized carbons (Fsp3) is 1.00. The summed E-state index contributed by atoms with van der Waals surface area (Å²) < 4.78 is 50.8. The Bertz CT molecular complexity index is 332. The van der Waals surface area contributed by atoms with Crippen LogP contribution in [0.5, 0.6) is 0 Å². The molecule has 0 aliphatic rings. The first-order valence-corrected chi connectivity index (χ1v) is 9.36. The molecule has 0 aromatic heterocycles. The van der Waals surface area contributed by atoms with Crippen molar-refractivity contribution in [3.05, 3.63) is 0 Å². The summed E-state index contributed by atoms with van der Waals surface area (Å²) in [6.07, 6.45) is 2.26. The van der Waals surface area contributed by atoms with E-state index in [1.54, 1.807) is 0 Å². The third-order valence-electron chi connectivity index (χ3n) is 2.89. The Morgan fingerprint density at radius 3 is 1.86 bits per heavy atom. The van der Waals surface area contributed by atoms with Gasteiger partial charge in [0.05, 0.1) is 51.5 Å². The number of hydrogen-bond acceptors (Lipinski definition) is 6. The fourth-order valence-corrected chi connectivity index (χ4v) is 2.03. The van der Waals surface area contributed by atoms with E-state index in [9.17, 15) is 8.42 Å². The van der Waals surface area contributed by atoms with Gasteiger partial charge in [-0.05, 0) is 26.2 Å². The Morgan fingerprint density at radius 2 is 1.36 bits per heavy atom. The molecule has 0 saturated carbocycles. The number of hydrogen-bond donors (Lipinski definition) is 1. The van der Waals surface area contributed by atoms with Crippen LogP contribution in [-0.2, 0) is 29.1 Å². The lowest BCUT2D eigenvalue weighted by molar-refractivity contribution is -0.0156.